The van der Waals surface area contributed by atoms with Crippen molar-refractivity contribution >= 4 is 61.6 Å². The smallest absolute Gasteiger partial charge is 0.307 e. The molecule has 130 valence electrons. The third kappa shape index (κ3) is 4.23. The Hall–Kier alpha value is -2.38. The molecule has 1 N–H and O–H groups in total. The normalized spacial score (nSPS) is 10.8. The average Bonchev–Trinajstić information content (AvgIpc) is 3.05. The summed E-state index contributed by atoms with van der Waals surface area (Å²) in [7, 11) is 0. The summed E-state index contributed by atoms with van der Waals surface area (Å²) in [4.78, 5) is 12.3. The highest BCUT2D eigenvalue weighted by molar-refractivity contribution is 14.1. The first-order valence-electron chi connectivity index (χ1n) is 7.39. The number of nitriles is 1. The van der Waals surface area contributed by atoms with Crippen LogP contribution in [0.15, 0.2) is 56.5 Å². The number of para-hydroxylation sites is 1. The molecule has 0 spiro atoms. The zero-order chi connectivity index (χ0) is 18.5. The van der Waals surface area contributed by atoms with E-state index in [9.17, 15) is 4.79 Å². The van der Waals surface area contributed by atoms with Gasteiger partial charge in [0, 0.05) is 15.4 Å². The molecule has 0 unspecified atom stereocenters. The minimum absolute atomic E-state index is 0.0651. The van der Waals surface area contributed by atoms with E-state index >= 15 is 0 Å². The van der Waals surface area contributed by atoms with Gasteiger partial charge in [-0.1, -0.05) is 28.1 Å². The molecule has 0 aliphatic carbocycles. The first kappa shape index (κ1) is 18.4. The van der Waals surface area contributed by atoms with Crippen LogP contribution in [0.3, 0.4) is 0 Å². The number of hydrogen-bond donors (Lipinski definition) is 1. The molecule has 0 radical (unpaired) electrons. The molecule has 0 atom stereocenters. The zero-order valence-corrected chi connectivity index (χ0v) is 16.9. The topological polar surface area (TPSA) is 87.6 Å². The summed E-state index contributed by atoms with van der Waals surface area (Å²) >= 11 is 5.57. The van der Waals surface area contributed by atoms with Gasteiger partial charge in [-0.15, -0.1) is 0 Å². The van der Waals surface area contributed by atoms with Crippen molar-refractivity contribution in [3.05, 3.63) is 61.8 Å². The van der Waals surface area contributed by atoms with Gasteiger partial charge in [0.2, 0.25) is 0 Å². The maximum absolute atomic E-state index is 12.3. The largest absolute Gasteiger partial charge is 0.478 e. The van der Waals surface area contributed by atoms with Crippen LogP contribution in [0.1, 0.15) is 16.1 Å². The summed E-state index contributed by atoms with van der Waals surface area (Å²) in [6.45, 7) is -0.0651. The van der Waals surface area contributed by atoms with E-state index in [1.54, 1.807) is 30.3 Å². The second-order valence-corrected chi connectivity index (χ2v) is 7.18. The number of carbonyl (C=O) groups is 1. The van der Waals surface area contributed by atoms with E-state index in [4.69, 9.17) is 14.4 Å². The van der Waals surface area contributed by atoms with Crippen LogP contribution in [0, 0.1) is 14.9 Å². The molecule has 26 heavy (non-hydrogen) atoms. The van der Waals surface area contributed by atoms with Gasteiger partial charge in [0.05, 0.1) is 9.78 Å². The van der Waals surface area contributed by atoms with Crippen molar-refractivity contribution in [2.75, 3.05) is 6.61 Å². The third-order valence-electron chi connectivity index (χ3n) is 3.34. The van der Waals surface area contributed by atoms with Crippen LogP contribution in [-0.2, 0) is 0 Å². The molecule has 0 fully saturated rings. The van der Waals surface area contributed by atoms with Crippen LogP contribution >= 0.6 is 38.5 Å². The summed E-state index contributed by atoms with van der Waals surface area (Å²) in [6.07, 6.45) is 1.45. The maximum atomic E-state index is 12.3. The number of nitrogens with one attached hydrogen (secondary N) is 1. The van der Waals surface area contributed by atoms with E-state index in [1.165, 1.54) is 6.21 Å². The van der Waals surface area contributed by atoms with E-state index < -0.39 is 5.91 Å². The van der Waals surface area contributed by atoms with E-state index in [-0.39, 0.29) is 12.4 Å². The molecule has 8 heteroatoms. The van der Waals surface area contributed by atoms with Crippen LogP contribution in [-0.4, -0.2) is 18.7 Å². The van der Waals surface area contributed by atoms with Gasteiger partial charge in [-0.05, 0) is 52.9 Å². The number of fused-ring (bicyclic) bond motifs is 1. The van der Waals surface area contributed by atoms with Gasteiger partial charge >= 0.3 is 5.91 Å². The highest BCUT2D eigenvalue weighted by Gasteiger charge is 2.14. The minimum Gasteiger partial charge on any atom is -0.478 e. The van der Waals surface area contributed by atoms with E-state index in [2.05, 4.69) is 49.0 Å². The number of ether oxygens (including phenoxy) is 1. The minimum atomic E-state index is -0.459. The van der Waals surface area contributed by atoms with Crippen molar-refractivity contribution in [1.82, 2.24) is 5.43 Å². The molecule has 3 aromatic rings. The van der Waals surface area contributed by atoms with Crippen LogP contribution in [0.2, 0.25) is 0 Å². The standard InChI is InChI=1S/C18H11BrIN3O3/c19-13-7-12-8-16(26-17(12)14(20)9-13)18(24)23-22-10-11-3-1-2-4-15(11)25-6-5-21/h1-4,7-10H,6H2,(H,23,24)/b22-10-. The van der Waals surface area contributed by atoms with Crippen molar-refractivity contribution in [1.29, 1.82) is 5.26 Å². The third-order valence-corrected chi connectivity index (χ3v) is 4.60. The number of hydrogen-bond acceptors (Lipinski definition) is 5. The first-order valence-corrected chi connectivity index (χ1v) is 9.26. The van der Waals surface area contributed by atoms with Gasteiger partial charge in [0.15, 0.2) is 12.4 Å². The van der Waals surface area contributed by atoms with Crippen LogP contribution < -0.4 is 10.2 Å². The van der Waals surface area contributed by atoms with E-state index in [1.807, 2.05) is 18.2 Å². The SMILES string of the molecule is N#CCOc1ccccc1/C=N\NC(=O)c1cc2cc(Br)cc(I)c2o1. The highest BCUT2D eigenvalue weighted by Crippen LogP contribution is 2.28. The Kier molecular flexibility index (Phi) is 5.90. The van der Waals surface area contributed by atoms with Gasteiger partial charge in [0.25, 0.3) is 0 Å². The van der Waals surface area contributed by atoms with Crippen molar-refractivity contribution in [3.63, 3.8) is 0 Å². The van der Waals surface area contributed by atoms with Crippen molar-refractivity contribution < 1.29 is 13.9 Å². The van der Waals surface area contributed by atoms with Gasteiger partial charge in [-0.25, -0.2) is 5.43 Å². The molecule has 0 aliphatic heterocycles. The van der Waals surface area contributed by atoms with Crippen molar-refractivity contribution in [2.24, 2.45) is 5.10 Å². The molecule has 1 aromatic heterocycles. The molecule has 3 rings (SSSR count). The average molecular weight is 524 g/mol. The zero-order valence-electron chi connectivity index (χ0n) is 13.2. The molecule has 0 saturated carbocycles. The van der Waals surface area contributed by atoms with Gasteiger partial charge in [-0.2, -0.15) is 10.4 Å². The number of hydrazone groups is 1. The Bertz CT molecular complexity index is 1040. The lowest BCUT2D eigenvalue weighted by Gasteiger charge is -2.04. The maximum Gasteiger partial charge on any atom is 0.307 e. The number of carbonyl (C=O) groups excluding carboxylic acids is 1. The second-order valence-electron chi connectivity index (χ2n) is 5.10. The molecule has 1 amide bonds. The predicted octanol–water partition coefficient (Wildman–Crippen LogP) is 4.47. The number of rotatable bonds is 5. The molecular weight excluding hydrogens is 513 g/mol. The fourth-order valence-corrected chi connectivity index (χ4v) is 3.89. The first-order chi connectivity index (χ1) is 12.6. The van der Waals surface area contributed by atoms with Crippen molar-refractivity contribution in [3.8, 4) is 11.8 Å². The molecule has 0 aliphatic rings. The molecule has 2 aromatic carbocycles. The summed E-state index contributed by atoms with van der Waals surface area (Å²) in [6, 6.07) is 14.4. The Morgan fingerprint density at radius 1 is 1.38 bits per heavy atom. The number of furan rings is 1. The lowest BCUT2D eigenvalue weighted by Crippen LogP contribution is -2.16. The number of halogens is 2. The second kappa shape index (κ2) is 8.33. The summed E-state index contributed by atoms with van der Waals surface area (Å²) in [5.74, 6) is 0.220. The Morgan fingerprint density at radius 2 is 2.19 bits per heavy atom. The molecule has 0 bridgehead atoms. The monoisotopic (exact) mass is 523 g/mol. The summed E-state index contributed by atoms with van der Waals surface area (Å²) in [5.41, 5.74) is 3.72. The Labute approximate surface area is 171 Å². The summed E-state index contributed by atoms with van der Waals surface area (Å²) < 4.78 is 12.7. The fraction of sp³-hybridized carbons (Fsp3) is 0.0556. The quantitative estimate of drug-likeness (QED) is 0.304. The van der Waals surface area contributed by atoms with Crippen LogP contribution in [0.5, 0.6) is 5.75 Å². The fourth-order valence-electron chi connectivity index (χ4n) is 2.23. The predicted molar refractivity (Wildman–Crippen MR) is 109 cm³/mol. The Balaban J connectivity index is 1.74. The van der Waals surface area contributed by atoms with Gasteiger partial charge in [0.1, 0.15) is 17.4 Å². The Morgan fingerprint density at radius 3 is 3.00 bits per heavy atom. The lowest BCUT2D eigenvalue weighted by atomic mass is 10.2. The molecule has 1 heterocycles. The number of benzene rings is 2. The number of amides is 1. The van der Waals surface area contributed by atoms with Crippen LogP contribution in [0.4, 0.5) is 0 Å². The van der Waals surface area contributed by atoms with E-state index in [0.717, 1.165) is 13.4 Å². The molecule has 6 nitrogen and oxygen atoms in total. The summed E-state index contributed by atoms with van der Waals surface area (Å²) in [5, 5.41) is 13.4. The highest BCUT2D eigenvalue weighted by atomic mass is 127. The molecule has 0 saturated heterocycles. The van der Waals surface area contributed by atoms with Crippen LogP contribution in [0.25, 0.3) is 11.0 Å². The van der Waals surface area contributed by atoms with Crippen molar-refractivity contribution in [2.45, 2.75) is 0 Å². The lowest BCUT2D eigenvalue weighted by molar-refractivity contribution is 0.0929. The number of nitrogens with zero attached hydrogens (tertiary/aromatic N) is 2. The van der Waals surface area contributed by atoms with E-state index in [0.29, 0.717) is 16.9 Å². The van der Waals surface area contributed by atoms with Gasteiger partial charge < -0.3 is 9.15 Å². The van der Waals surface area contributed by atoms with Gasteiger partial charge in [-0.3, -0.25) is 4.79 Å². The molecular formula is C18H11BrIN3O3.